The van der Waals surface area contributed by atoms with Crippen LogP contribution in [-0.4, -0.2) is 20.2 Å². The maximum atomic E-state index is 10.8. The van der Waals surface area contributed by atoms with Gasteiger partial charge in [0, 0.05) is 33.4 Å². The van der Waals surface area contributed by atoms with Crippen LogP contribution in [0.1, 0.15) is 24.1 Å². The van der Waals surface area contributed by atoms with Crippen molar-refractivity contribution in [3.63, 3.8) is 0 Å². The summed E-state index contributed by atoms with van der Waals surface area (Å²) in [5.74, 6) is 0. The van der Waals surface area contributed by atoms with Crippen molar-refractivity contribution >= 4 is 12.0 Å². The van der Waals surface area contributed by atoms with Gasteiger partial charge in [0.2, 0.25) is 0 Å². The number of aldehydes is 1. The van der Waals surface area contributed by atoms with E-state index in [9.17, 15) is 4.79 Å². The molecule has 0 radical (unpaired) electrons. The summed E-state index contributed by atoms with van der Waals surface area (Å²) in [6.45, 7) is -6.42. The van der Waals surface area contributed by atoms with Crippen molar-refractivity contribution in [1.82, 2.24) is 0 Å². The van der Waals surface area contributed by atoms with Crippen LogP contribution in [-0.2, 0) is 0 Å². The molecule has 0 spiro atoms. The Morgan fingerprint density at radius 3 is 2.55 bits per heavy atom. The second kappa shape index (κ2) is 3.19. The van der Waals surface area contributed by atoms with Gasteiger partial charge in [-0.3, -0.25) is 4.79 Å². The van der Waals surface area contributed by atoms with Crippen LogP contribution in [0, 0.1) is 0 Å². The quantitative estimate of drug-likeness (QED) is 0.610. The van der Waals surface area contributed by atoms with Crippen molar-refractivity contribution in [3.8, 4) is 0 Å². The monoisotopic (exact) mass is 159 g/mol. The second-order valence-electron chi connectivity index (χ2n) is 1.72. The number of hydrogen-bond donors (Lipinski definition) is 0. The van der Waals surface area contributed by atoms with Gasteiger partial charge in [0.05, 0.1) is 5.48 Å². The molecule has 1 rings (SSSR count). The van der Waals surface area contributed by atoms with E-state index >= 15 is 0 Å². The van der Waals surface area contributed by atoms with Crippen LogP contribution >= 0.6 is 0 Å². The fourth-order valence-corrected chi connectivity index (χ4v) is 0.486. The summed E-state index contributed by atoms with van der Waals surface area (Å²) in [4.78, 5) is 10.7. The SMILES string of the molecule is [2H]c1c([2H])c(N(C([2H])([2H])[2H])C([2H])([2H])[2H])c([2H])c([2H])c1C=O. The molecular formula is C9H11NO. The summed E-state index contributed by atoms with van der Waals surface area (Å²) in [5, 5.41) is 0. The van der Waals surface area contributed by atoms with E-state index in [-0.39, 0.29) is 11.2 Å². The minimum atomic E-state index is -3.21. The summed E-state index contributed by atoms with van der Waals surface area (Å²) in [6, 6.07) is -3.38. The van der Waals surface area contributed by atoms with Crippen LogP contribution in [0.15, 0.2) is 24.2 Å². The lowest BCUT2D eigenvalue weighted by atomic mass is 10.2. The normalized spacial score (nSPS) is 24.7. The minimum Gasteiger partial charge on any atom is -0.378 e. The van der Waals surface area contributed by atoms with Crippen molar-refractivity contribution < 1.29 is 18.5 Å². The predicted molar refractivity (Wildman–Crippen MR) is 46.2 cm³/mol. The molecule has 2 heteroatoms. The van der Waals surface area contributed by atoms with E-state index in [4.69, 9.17) is 13.7 Å². The fraction of sp³-hybridized carbons (Fsp3) is 0.222. The Kier molecular flexibility index (Phi) is 0.548. The van der Waals surface area contributed by atoms with Gasteiger partial charge >= 0.3 is 0 Å². The Morgan fingerprint density at radius 1 is 1.45 bits per heavy atom. The van der Waals surface area contributed by atoms with Gasteiger partial charge in [0.25, 0.3) is 0 Å². The van der Waals surface area contributed by atoms with Gasteiger partial charge in [0.15, 0.2) is 0 Å². The third-order valence-electron chi connectivity index (χ3n) is 0.973. The Balaban J connectivity index is 3.81. The van der Waals surface area contributed by atoms with Crippen LogP contribution in [0.25, 0.3) is 0 Å². The van der Waals surface area contributed by atoms with Crippen LogP contribution in [0.3, 0.4) is 0 Å². The molecule has 0 heterocycles. The number of rotatable bonds is 2. The predicted octanol–water partition coefficient (Wildman–Crippen LogP) is 1.57. The zero-order valence-electron chi connectivity index (χ0n) is 15.4. The van der Waals surface area contributed by atoms with Gasteiger partial charge in [-0.1, -0.05) is 0 Å². The number of carbonyl (C=O) groups excluding carboxylic acids is 1. The summed E-state index contributed by atoms with van der Waals surface area (Å²) in [5.41, 5.74) is -1.46. The highest BCUT2D eigenvalue weighted by Crippen LogP contribution is 2.10. The third-order valence-corrected chi connectivity index (χ3v) is 0.973. The standard InChI is InChI=1S/C9H11NO/c1-10(2)9-5-3-8(7-11)4-6-9/h3-7H,1-2H3/i1D3,2D3,3D,4D,5D,6D. The first-order chi connectivity index (χ1) is 9.34. The smallest absolute Gasteiger partial charge is 0.150 e. The van der Waals surface area contributed by atoms with Gasteiger partial charge in [-0.2, -0.15) is 0 Å². The molecule has 2 nitrogen and oxygen atoms in total. The number of hydrogen-bond acceptors (Lipinski definition) is 2. The van der Waals surface area contributed by atoms with Crippen molar-refractivity contribution in [1.29, 1.82) is 0 Å². The van der Waals surface area contributed by atoms with Crippen molar-refractivity contribution in [3.05, 3.63) is 29.7 Å². The molecule has 11 heavy (non-hydrogen) atoms. The van der Waals surface area contributed by atoms with E-state index in [1.165, 1.54) is 0 Å². The fourth-order valence-electron chi connectivity index (χ4n) is 0.486. The van der Waals surface area contributed by atoms with Gasteiger partial charge in [-0.05, 0) is 24.2 Å². The molecule has 1 aromatic carbocycles. The Labute approximate surface area is 80.5 Å². The summed E-state index contributed by atoms with van der Waals surface area (Å²) in [6.07, 6.45) is 0.0968. The zero-order valence-corrected chi connectivity index (χ0v) is 5.43. The minimum absolute atomic E-state index is 0.0968. The molecule has 0 bridgehead atoms. The zero-order chi connectivity index (χ0) is 16.7. The second-order valence-corrected chi connectivity index (χ2v) is 1.72. The van der Waals surface area contributed by atoms with E-state index in [0.717, 1.165) is 0 Å². The largest absolute Gasteiger partial charge is 0.378 e. The molecule has 0 aliphatic carbocycles. The molecule has 0 N–H and O–H groups in total. The highest BCUT2D eigenvalue weighted by molar-refractivity contribution is 5.75. The average molecular weight is 159 g/mol. The van der Waals surface area contributed by atoms with E-state index in [2.05, 4.69) is 0 Å². The lowest BCUT2D eigenvalue weighted by Gasteiger charge is -2.11. The molecule has 58 valence electrons. The van der Waals surface area contributed by atoms with E-state index < -0.39 is 49.4 Å². The van der Waals surface area contributed by atoms with Gasteiger partial charge in [-0.15, -0.1) is 0 Å². The molecule has 0 amide bonds. The average Bonchev–Trinajstić information content (AvgIpc) is 2.29. The Bertz CT molecular complexity index is 532. The number of nitrogens with zero attached hydrogens (tertiary/aromatic N) is 1. The van der Waals surface area contributed by atoms with Crippen molar-refractivity contribution in [2.45, 2.75) is 0 Å². The van der Waals surface area contributed by atoms with E-state index in [0.29, 0.717) is 0 Å². The Hall–Kier alpha value is -1.31. The Morgan fingerprint density at radius 2 is 2.09 bits per heavy atom. The van der Waals surface area contributed by atoms with E-state index in [1.54, 1.807) is 0 Å². The summed E-state index contributed by atoms with van der Waals surface area (Å²) in [7, 11) is 0. The van der Waals surface area contributed by atoms with Crippen LogP contribution in [0.2, 0.25) is 0 Å². The highest BCUT2D eigenvalue weighted by atomic mass is 16.1. The third kappa shape index (κ3) is 1.80. The van der Waals surface area contributed by atoms with Gasteiger partial charge in [-0.25, -0.2) is 0 Å². The number of anilines is 1. The van der Waals surface area contributed by atoms with Crippen molar-refractivity contribution in [2.75, 3.05) is 18.9 Å². The van der Waals surface area contributed by atoms with Gasteiger partial charge < -0.3 is 4.90 Å². The molecule has 0 saturated heterocycles. The molecule has 0 atom stereocenters. The molecule has 0 unspecified atom stereocenters. The molecule has 1 aromatic rings. The molecule has 0 fully saturated rings. The highest BCUT2D eigenvalue weighted by Gasteiger charge is 1.93. The lowest BCUT2D eigenvalue weighted by Crippen LogP contribution is -2.08. The molecule has 0 aliphatic rings. The number of benzene rings is 1. The van der Waals surface area contributed by atoms with Crippen LogP contribution in [0.4, 0.5) is 5.69 Å². The van der Waals surface area contributed by atoms with Crippen LogP contribution < -0.4 is 4.90 Å². The first kappa shape index (κ1) is 1.89. The molecule has 0 saturated carbocycles. The van der Waals surface area contributed by atoms with Crippen LogP contribution in [0.5, 0.6) is 0 Å². The maximum Gasteiger partial charge on any atom is 0.150 e. The molecule has 0 aliphatic heterocycles. The van der Waals surface area contributed by atoms with Crippen molar-refractivity contribution in [2.24, 2.45) is 0 Å². The summed E-state index contributed by atoms with van der Waals surface area (Å²) >= 11 is 0. The summed E-state index contributed by atoms with van der Waals surface area (Å²) < 4.78 is 74.0. The van der Waals surface area contributed by atoms with E-state index in [1.807, 2.05) is 0 Å². The first-order valence-electron chi connectivity index (χ1n) is 7.70. The molecule has 0 aromatic heterocycles. The topological polar surface area (TPSA) is 20.3 Å². The lowest BCUT2D eigenvalue weighted by molar-refractivity contribution is 0.112. The first-order valence-corrected chi connectivity index (χ1v) is 2.70. The molecular weight excluding hydrogens is 138 g/mol. The number of carbonyl (C=O) groups is 1. The maximum absolute atomic E-state index is 10.8. The van der Waals surface area contributed by atoms with Gasteiger partial charge in [0.1, 0.15) is 6.29 Å².